The van der Waals surface area contributed by atoms with Crippen LogP contribution >= 0.6 is 0 Å². The fraction of sp³-hybridized carbons (Fsp3) is 0.929. The van der Waals surface area contributed by atoms with Gasteiger partial charge >= 0.3 is 35.8 Å². The number of halogens is 14. The minimum absolute atomic E-state index is 0. The largest absolute Gasteiger partial charge is 1.00 e. The summed E-state index contributed by atoms with van der Waals surface area (Å²) in [5.74, 6) is -41.4. The van der Waals surface area contributed by atoms with E-state index in [2.05, 4.69) is 0 Å². The van der Waals surface area contributed by atoms with E-state index in [0.29, 0.717) is 0 Å². The molecule has 0 aromatic carbocycles. The molecule has 0 spiro atoms. The number of hydrogen-bond donors (Lipinski definition) is 1. The number of amides is 1. The Kier molecular flexibility index (Phi) is 8.51. The molecule has 192 valence electrons. The Hall–Kier alpha value is -1.23. The summed E-state index contributed by atoms with van der Waals surface area (Å²) in [7, 11) is 1.44. The van der Waals surface area contributed by atoms with Crippen molar-refractivity contribution in [2.45, 2.75) is 35.8 Å². The first-order valence-electron chi connectivity index (χ1n) is 8.23. The summed E-state index contributed by atoms with van der Waals surface area (Å²) in [6.07, 6.45) is -7.50. The number of piperazine rings is 1. The van der Waals surface area contributed by atoms with E-state index < -0.39 is 61.4 Å². The predicted octanol–water partition coefficient (Wildman–Crippen LogP) is 0.0103. The molecular weight excluding hydrogens is 511 g/mol. The molecule has 0 radical (unpaired) electrons. The van der Waals surface area contributed by atoms with Crippen molar-refractivity contribution < 1.29 is 83.9 Å². The van der Waals surface area contributed by atoms with E-state index in [-0.39, 0.29) is 41.4 Å². The standard InChI is InChI=1S/C14H16F13N2O2.ClH/c1-29(6-7-30)4-2-28(3-5-29)8(31)9(15,16)10(17,18)11(19,20)12(21,22)13(23,24)14(25,26)27;/h30H,2-7H2,1H3;1H/q+1;/p-1. The van der Waals surface area contributed by atoms with Gasteiger partial charge in [-0.3, -0.25) is 4.79 Å². The van der Waals surface area contributed by atoms with Crippen molar-refractivity contribution in [1.82, 2.24) is 4.90 Å². The Morgan fingerprint density at radius 1 is 0.781 bits per heavy atom. The first-order valence-corrected chi connectivity index (χ1v) is 8.23. The Bertz CT molecular complexity index is 676. The molecule has 32 heavy (non-hydrogen) atoms. The van der Waals surface area contributed by atoms with Crippen LogP contribution in [-0.2, 0) is 4.79 Å². The van der Waals surface area contributed by atoms with Crippen molar-refractivity contribution in [3.63, 3.8) is 0 Å². The van der Waals surface area contributed by atoms with E-state index in [4.69, 9.17) is 5.11 Å². The Labute approximate surface area is 177 Å². The zero-order valence-corrected chi connectivity index (χ0v) is 16.5. The number of aliphatic hydroxyl groups excluding tert-OH is 1. The fourth-order valence-corrected chi connectivity index (χ4v) is 2.72. The van der Waals surface area contributed by atoms with E-state index in [0.717, 1.165) is 0 Å². The summed E-state index contributed by atoms with van der Waals surface area (Å²) in [5, 5.41) is 8.87. The molecule has 1 aliphatic heterocycles. The van der Waals surface area contributed by atoms with Crippen LogP contribution in [0.5, 0.6) is 0 Å². The van der Waals surface area contributed by atoms with Gasteiger partial charge in [-0.25, -0.2) is 0 Å². The van der Waals surface area contributed by atoms with Crippen molar-refractivity contribution >= 4 is 5.91 Å². The molecule has 0 atom stereocenters. The monoisotopic (exact) mass is 526 g/mol. The third-order valence-corrected chi connectivity index (χ3v) is 4.95. The Morgan fingerprint density at radius 3 is 1.50 bits per heavy atom. The normalized spacial score (nSPS) is 18.9. The first kappa shape index (κ1) is 30.8. The average Bonchev–Trinajstić information content (AvgIpc) is 2.60. The van der Waals surface area contributed by atoms with E-state index in [1.165, 1.54) is 7.05 Å². The molecule has 1 rings (SSSR count). The van der Waals surface area contributed by atoms with Gasteiger partial charge < -0.3 is 26.9 Å². The van der Waals surface area contributed by atoms with E-state index in [1.54, 1.807) is 0 Å². The van der Waals surface area contributed by atoms with Gasteiger partial charge in [-0.1, -0.05) is 0 Å². The molecule has 0 aliphatic carbocycles. The zero-order valence-electron chi connectivity index (χ0n) is 15.8. The molecule has 1 heterocycles. The molecule has 18 heteroatoms. The minimum atomic E-state index is -8.04. The van der Waals surface area contributed by atoms with Crippen molar-refractivity contribution in [3.05, 3.63) is 0 Å². The molecule has 0 bridgehead atoms. The van der Waals surface area contributed by atoms with Gasteiger partial charge in [0.15, 0.2) is 0 Å². The molecule has 1 amide bonds. The third kappa shape index (κ3) is 4.56. The minimum Gasteiger partial charge on any atom is -1.00 e. The number of nitrogens with zero attached hydrogens (tertiary/aromatic N) is 2. The number of aliphatic hydroxyl groups is 1. The van der Waals surface area contributed by atoms with Gasteiger partial charge in [-0.15, -0.1) is 0 Å². The van der Waals surface area contributed by atoms with Gasteiger partial charge in [0, 0.05) is 0 Å². The predicted molar refractivity (Wildman–Crippen MR) is 75.2 cm³/mol. The molecule has 4 nitrogen and oxygen atoms in total. The molecule has 0 aromatic rings. The van der Waals surface area contributed by atoms with Gasteiger partial charge in [-0.05, 0) is 0 Å². The van der Waals surface area contributed by atoms with Crippen LogP contribution in [0.3, 0.4) is 0 Å². The molecule has 1 N–H and O–H groups in total. The smallest absolute Gasteiger partial charge is 0.460 e. The molecular formula is C14H16ClF13N2O2. The highest BCUT2D eigenvalue weighted by atomic mass is 35.5. The second-order valence-corrected chi connectivity index (χ2v) is 7.18. The molecule has 1 aliphatic rings. The lowest BCUT2D eigenvalue weighted by atomic mass is 9.93. The van der Waals surface area contributed by atoms with Gasteiger partial charge in [0.05, 0.1) is 39.8 Å². The molecule has 1 saturated heterocycles. The SMILES string of the molecule is C[N+]1(CCO)CCN(C(=O)C(F)(F)C(F)(F)C(F)(F)C(F)(F)C(F)(F)C(F)(F)F)CC1.[Cl-]. The van der Waals surface area contributed by atoms with Gasteiger partial charge in [0.25, 0.3) is 5.91 Å². The van der Waals surface area contributed by atoms with Crippen LogP contribution in [-0.4, -0.2) is 103 Å². The lowest BCUT2D eigenvalue weighted by molar-refractivity contribution is -0.913. The van der Waals surface area contributed by atoms with Crippen molar-refractivity contribution in [3.8, 4) is 0 Å². The lowest BCUT2D eigenvalue weighted by Crippen LogP contribution is -3.00. The van der Waals surface area contributed by atoms with Gasteiger partial charge in [0.2, 0.25) is 0 Å². The van der Waals surface area contributed by atoms with Crippen molar-refractivity contribution in [1.29, 1.82) is 0 Å². The molecule has 1 fully saturated rings. The van der Waals surface area contributed by atoms with Crippen LogP contribution in [0.25, 0.3) is 0 Å². The average molecular weight is 527 g/mol. The van der Waals surface area contributed by atoms with E-state index in [1.807, 2.05) is 0 Å². The van der Waals surface area contributed by atoms with Gasteiger partial charge in [0.1, 0.15) is 6.54 Å². The zero-order chi connectivity index (χ0) is 24.9. The second-order valence-electron chi connectivity index (χ2n) is 7.18. The number of carbonyl (C=O) groups is 1. The number of likely N-dealkylation sites (N-methyl/N-ethyl adjacent to an activating group) is 1. The third-order valence-electron chi connectivity index (χ3n) is 4.95. The Morgan fingerprint density at radius 2 is 1.16 bits per heavy atom. The van der Waals surface area contributed by atoms with Crippen LogP contribution in [0.2, 0.25) is 0 Å². The van der Waals surface area contributed by atoms with Crippen molar-refractivity contribution in [2.24, 2.45) is 0 Å². The maximum Gasteiger partial charge on any atom is 0.460 e. The van der Waals surface area contributed by atoms with E-state index in [9.17, 15) is 61.9 Å². The summed E-state index contributed by atoms with van der Waals surface area (Å²) in [4.78, 5) is 11.6. The highest BCUT2D eigenvalue weighted by molar-refractivity contribution is 5.85. The van der Waals surface area contributed by atoms with Crippen molar-refractivity contribution in [2.75, 3.05) is 46.4 Å². The van der Waals surface area contributed by atoms with Gasteiger partial charge in [-0.2, -0.15) is 57.1 Å². The van der Waals surface area contributed by atoms with Crippen LogP contribution < -0.4 is 12.4 Å². The number of hydrogen-bond acceptors (Lipinski definition) is 2. The summed E-state index contributed by atoms with van der Waals surface area (Å²) in [6, 6.07) is 0. The quantitative estimate of drug-likeness (QED) is 0.375. The Balaban J connectivity index is 0.00000961. The molecule has 0 unspecified atom stereocenters. The second kappa shape index (κ2) is 8.85. The van der Waals surface area contributed by atoms with E-state index >= 15 is 0 Å². The van der Waals surface area contributed by atoms with Crippen LogP contribution in [0.15, 0.2) is 0 Å². The highest BCUT2D eigenvalue weighted by Gasteiger charge is 2.91. The lowest BCUT2D eigenvalue weighted by Gasteiger charge is -2.44. The summed E-state index contributed by atoms with van der Waals surface area (Å²) in [6.45, 7) is -2.54. The summed E-state index contributed by atoms with van der Waals surface area (Å²) in [5.41, 5.74) is 0. The topological polar surface area (TPSA) is 40.5 Å². The number of quaternary nitrogens is 1. The first-order chi connectivity index (χ1) is 13.5. The molecule has 0 saturated carbocycles. The maximum atomic E-state index is 13.9. The fourth-order valence-electron chi connectivity index (χ4n) is 2.72. The maximum absolute atomic E-state index is 13.9. The molecule has 0 aromatic heterocycles. The van der Waals surface area contributed by atoms with Crippen LogP contribution in [0.4, 0.5) is 57.1 Å². The number of carbonyl (C=O) groups excluding carboxylic acids is 1. The summed E-state index contributed by atoms with van der Waals surface area (Å²) < 4.78 is 170. The summed E-state index contributed by atoms with van der Waals surface area (Å²) >= 11 is 0. The number of alkyl halides is 13. The van der Waals surface area contributed by atoms with Crippen LogP contribution in [0.1, 0.15) is 0 Å². The van der Waals surface area contributed by atoms with Crippen LogP contribution in [0, 0.1) is 0 Å². The number of rotatable bonds is 7. The highest BCUT2D eigenvalue weighted by Crippen LogP contribution is 2.60.